The van der Waals surface area contributed by atoms with Crippen LogP contribution in [0.15, 0.2) is 11.6 Å². The maximum atomic E-state index is 8.70. The predicted molar refractivity (Wildman–Crippen MR) is 41.8 cm³/mol. The van der Waals surface area contributed by atoms with Crippen molar-refractivity contribution in [2.45, 2.75) is 26.2 Å². The summed E-state index contributed by atoms with van der Waals surface area (Å²) in [6.45, 7) is 2.31. The molecule has 0 atom stereocenters. The van der Waals surface area contributed by atoms with Gasteiger partial charge in [-0.1, -0.05) is 19.4 Å². The molecule has 0 heterocycles. The molecule has 2 N–H and O–H groups in total. The van der Waals surface area contributed by atoms with Gasteiger partial charge in [-0.15, -0.1) is 0 Å². The summed E-state index contributed by atoms with van der Waals surface area (Å²) in [5.41, 5.74) is 0.948. The van der Waals surface area contributed by atoms with E-state index in [-0.39, 0.29) is 13.2 Å². The van der Waals surface area contributed by atoms with Crippen molar-refractivity contribution in [3.05, 3.63) is 11.6 Å². The first-order valence-electron chi connectivity index (χ1n) is 3.74. The number of unbranched alkanes of at least 4 members (excludes halogenated alkanes) is 1. The fourth-order valence-corrected chi connectivity index (χ4v) is 0.738. The highest BCUT2D eigenvalue weighted by Gasteiger charge is 1.91. The molecule has 0 fully saturated rings. The van der Waals surface area contributed by atoms with Crippen molar-refractivity contribution < 1.29 is 10.2 Å². The molecule has 0 aromatic rings. The van der Waals surface area contributed by atoms with Gasteiger partial charge in [0.25, 0.3) is 0 Å². The standard InChI is InChI=1S/C8H16O2/c1-2-3-4-8(7-10)5-6-9/h4,9-10H,2-3,5-7H2,1H3/b8-4-. The third-order valence-corrected chi connectivity index (χ3v) is 1.36. The molecule has 0 unspecified atom stereocenters. The number of aliphatic hydroxyl groups is 2. The molecule has 10 heavy (non-hydrogen) atoms. The maximum Gasteiger partial charge on any atom is 0.0642 e. The Kier molecular flexibility index (Phi) is 6.55. The van der Waals surface area contributed by atoms with E-state index >= 15 is 0 Å². The van der Waals surface area contributed by atoms with Gasteiger partial charge in [0.2, 0.25) is 0 Å². The molecular formula is C8H16O2. The van der Waals surface area contributed by atoms with Crippen LogP contribution in [0, 0.1) is 0 Å². The lowest BCUT2D eigenvalue weighted by molar-refractivity contribution is 0.278. The first kappa shape index (κ1) is 9.66. The van der Waals surface area contributed by atoms with E-state index in [0.717, 1.165) is 18.4 Å². The third kappa shape index (κ3) is 4.53. The molecule has 0 spiro atoms. The summed E-state index contributed by atoms with van der Waals surface area (Å²) in [6, 6.07) is 0. The van der Waals surface area contributed by atoms with E-state index in [2.05, 4.69) is 6.92 Å². The summed E-state index contributed by atoms with van der Waals surface area (Å²) in [5, 5.41) is 17.2. The van der Waals surface area contributed by atoms with E-state index in [0.29, 0.717) is 6.42 Å². The van der Waals surface area contributed by atoms with Crippen LogP contribution < -0.4 is 0 Å². The van der Waals surface area contributed by atoms with E-state index in [1.165, 1.54) is 0 Å². The summed E-state index contributed by atoms with van der Waals surface area (Å²) < 4.78 is 0. The highest BCUT2D eigenvalue weighted by Crippen LogP contribution is 2.01. The normalized spacial score (nSPS) is 12.1. The van der Waals surface area contributed by atoms with Gasteiger partial charge >= 0.3 is 0 Å². The molecule has 0 saturated heterocycles. The second kappa shape index (κ2) is 6.78. The molecule has 0 rings (SSSR count). The first-order chi connectivity index (χ1) is 4.85. The zero-order valence-electron chi connectivity index (χ0n) is 6.51. The van der Waals surface area contributed by atoms with Gasteiger partial charge in [-0.05, 0) is 18.4 Å². The molecule has 0 saturated carbocycles. The van der Waals surface area contributed by atoms with Crippen molar-refractivity contribution in [1.82, 2.24) is 0 Å². The lowest BCUT2D eigenvalue weighted by atomic mass is 10.1. The van der Waals surface area contributed by atoms with Crippen molar-refractivity contribution in [2.24, 2.45) is 0 Å². The van der Waals surface area contributed by atoms with Crippen LogP contribution in [0.25, 0.3) is 0 Å². The molecule has 0 aliphatic heterocycles. The van der Waals surface area contributed by atoms with Gasteiger partial charge in [0, 0.05) is 6.61 Å². The van der Waals surface area contributed by atoms with E-state index < -0.39 is 0 Å². The zero-order valence-corrected chi connectivity index (χ0v) is 6.51. The fraction of sp³-hybridized carbons (Fsp3) is 0.750. The van der Waals surface area contributed by atoms with Crippen molar-refractivity contribution in [1.29, 1.82) is 0 Å². The van der Waals surface area contributed by atoms with Gasteiger partial charge in [-0.2, -0.15) is 0 Å². The number of hydrogen-bond donors (Lipinski definition) is 2. The van der Waals surface area contributed by atoms with Crippen LogP contribution in [0.5, 0.6) is 0 Å². The molecule has 2 heteroatoms. The number of hydrogen-bond acceptors (Lipinski definition) is 2. The fourth-order valence-electron chi connectivity index (χ4n) is 0.738. The van der Waals surface area contributed by atoms with E-state index in [1.54, 1.807) is 0 Å². The highest BCUT2D eigenvalue weighted by molar-refractivity contribution is 5.01. The van der Waals surface area contributed by atoms with Gasteiger partial charge in [-0.25, -0.2) is 0 Å². The zero-order chi connectivity index (χ0) is 7.82. The van der Waals surface area contributed by atoms with Crippen molar-refractivity contribution >= 4 is 0 Å². The minimum Gasteiger partial charge on any atom is -0.396 e. The number of allylic oxidation sites excluding steroid dienone is 1. The average Bonchev–Trinajstić information content (AvgIpc) is 1.98. The Morgan fingerprint density at radius 2 is 2.10 bits per heavy atom. The van der Waals surface area contributed by atoms with Crippen LogP contribution in [0.1, 0.15) is 26.2 Å². The Hall–Kier alpha value is -0.340. The van der Waals surface area contributed by atoms with Gasteiger partial charge in [0.1, 0.15) is 0 Å². The lowest BCUT2D eigenvalue weighted by Gasteiger charge is -1.99. The maximum absolute atomic E-state index is 8.70. The van der Waals surface area contributed by atoms with Crippen LogP contribution in [0.2, 0.25) is 0 Å². The average molecular weight is 144 g/mol. The Bertz CT molecular complexity index is 97.4. The van der Waals surface area contributed by atoms with Gasteiger partial charge in [-0.3, -0.25) is 0 Å². The summed E-state index contributed by atoms with van der Waals surface area (Å²) >= 11 is 0. The highest BCUT2D eigenvalue weighted by atomic mass is 16.3. The van der Waals surface area contributed by atoms with Crippen LogP contribution in [-0.2, 0) is 0 Å². The molecule has 0 amide bonds. The Balaban J connectivity index is 3.55. The topological polar surface area (TPSA) is 40.5 Å². The van der Waals surface area contributed by atoms with Crippen molar-refractivity contribution in [3.8, 4) is 0 Å². The smallest absolute Gasteiger partial charge is 0.0642 e. The van der Waals surface area contributed by atoms with Gasteiger partial charge in [0.05, 0.1) is 6.61 Å². The van der Waals surface area contributed by atoms with Crippen molar-refractivity contribution in [2.75, 3.05) is 13.2 Å². The SMILES string of the molecule is CCC/C=C(\CO)CCO. The Morgan fingerprint density at radius 3 is 2.50 bits per heavy atom. The third-order valence-electron chi connectivity index (χ3n) is 1.36. The number of rotatable bonds is 5. The molecule has 60 valence electrons. The van der Waals surface area contributed by atoms with Crippen LogP contribution in [-0.4, -0.2) is 23.4 Å². The number of aliphatic hydroxyl groups excluding tert-OH is 2. The van der Waals surface area contributed by atoms with Gasteiger partial charge in [0.15, 0.2) is 0 Å². The molecular weight excluding hydrogens is 128 g/mol. The summed E-state index contributed by atoms with van der Waals surface area (Å²) in [5.74, 6) is 0. The monoisotopic (exact) mass is 144 g/mol. The summed E-state index contributed by atoms with van der Waals surface area (Å²) in [4.78, 5) is 0. The summed E-state index contributed by atoms with van der Waals surface area (Å²) in [7, 11) is 0. The molecule has 0 aromatic heterocycles. The molecule has 0 bridgehead atoms. The second-order valence-corrected chi connectivity index (χ2v) is 2.28. The van der Waals surface area contributed by atoms with Crippen LogP contribution in [0.3, 0.4) is 0 Å². The molecule has 0 aromatic carbocycles. The molecule has 0 aliphatic rings. The molecule has 2 nitrogen and oxygen atoms in total. The van der Waals surface area contributed by atoms with Gasteiger partial charge < -0.3 is 10.2 Å². The molecule has 0 radical (unpaired) electrons. The molecule has 0 aliphatic carbocycles. The Morgan fingerprint density at radius 1 is 1.40 bits per heavy atom. The quantitative estimate of drug-likeness (QED) is 0.567. The Labute approximate surface area is 62.2 Å². The predicted octanol–water partition coefficient (Wildman–Crippen LogP) is 1.09. The first-order valence-corrected chi connectivity index (χ1v) is 3.74. The van der Waals surface area contributed by atoms with Crippen molar-refractivity contribution in [3.63, 3.8) is 0 Å². The van der Waals surface area contributed by atoms with E-state index in [9.17, 15) is 0 Å². The summed E-state index contributed by atoms with van der Waals surface area (Å²) in [6.07, 6.45) is 4.69. The van der Waals surface area contributed by atoms with Crippen LogP contribution in [0.4, 0.5) is 0 Å². The lowest BCUT2D eigenvalue weighted by Crippen LogP contribution is -1.93. The largest absolute Gasteiger partial charge is 0.396 e. The minimum absolute atomic E-state index is 0.0839. The van der Waals surface area contributed by atoms with E-state index in [1.807, 2.05) is 6.08 Å². The van der Waals surface area contributed by atoms with E-state index in [4.69, 9.17) is 10.2 Å². The minimum atomic E-state index is 0.0839. The second-order valence-electron chi connectivity index (χ2n) is 2.28. The van der Waals surface area contributed by atoms with Crippen LogP contribution >= 0.6 is 0 Å².